The first-order valence-electron chi connectivity index (χ1n) is 7.68. The van der Waals surface area contributed by atoms with Gasteiger partial charge < -0.3 is 10.5 Å². The summed E-state index contributed by atoms with van der Waals surface area (Å²) >= 11 is 0. The van der Waals surface area contributed by atoms with Gasteiger partial charge in [0.2, 0.25) is 0 Å². The molecule has 0 saturated heterocycles. The number of nitrogens with two attached hydrogens (primary N) is 1. The molecule has 0 fully saturated rings. The van der Waals surface area contributed by atoms with Crippen LogP contribution in [0.5, 0.6) is 0 Å². The molecule has 1 aromatic heterocycles. The maximum Gasteiger partial charge on any atom is 0.405 e. The van der Waals surface area contributed by atoms with Crippen LogP contribution >= 0.6 is 0 Å². The molecule has 1 amide bonds. The second kappa shape index (κ2) is 6.96. The Morgan fingerprint density at radius 2 is 1.62 bits per heavy atom. The maximum atomic E-state index is 11.4. The van der Waals surface area contributed by atoms with Gasteiger partial charge in [0.25, 0.3) is 0 Å². The van der Waals surface area contributed by atoms with Crippen LogP contribution in [0, 0.1) is 6.92 Å². The Morgan fingerprint density at radius 1 is 1.00 bits per heavy atom. The van der Waals surface area contributed by atoms with Gasteiger partial charge in [0.05, 0.1) is 0 Å². The van der Waals surface area contributed by atoms with E-state index in [1.807, 2.05) is 73.7 Å². The fraction of sp³-hybridized carbons (Fsp3) is 0.100. The van der Waals surface area contributed by atoms with Crippen molar-refractivity contribution < 1.29 is 9.53 Å². The van der Waals surface area contributed by atoms with Crippen molar-refractivity contribution in [2.45, 2.75) is 13.0 Å². The summed E-state index contributed by atoms with van der Waals surface area (Å²) in [6.07, 6.45) is 0.326. The lowest BCUT2D eigenvalue weighted by Crippen LogP contribution is -2.18. The van der Waals surface area contributed by atoms with E-state index in [2.05, 4.69) is 4.98 Å². The molecule has 0 aliphatic heterocycles. The van der Waals surface area contributed by atoms with Crippen LogP contribution in [0.25, 0.3) is 11.1 Å². The van der Waals surface area contributed by atoms with E-state index >= 15 is 0 Å². The lowest BCUT2D eigenvalue weighted by atomic mass is 9.97. The van der Waals surface area contributed by atoms with Gasteiger partial charge in [-0.2, -0.15) is 0 Å². The van der Waals surface area contributed by atoms with E-state index < -0.39 is 12.2 Å². The van der Waals surface area contributed by atoms with Gasteiger partial charge >= 0.3 is 6.09 Å². The van der Waals surface area contributed by atoms with Crippen LogP contribution in [0.1, 0.15) is 22.9 Å². The molecule has 1 atom stereocenters. The van der Waals surface area contributed by atoms with E-state index in [1.54, 1.807) is 6.20 Å². The number of aryl methyl sites for hydroxylation is 1. The van der Waals surface area contributed by atoms with Crippen molar-refractivity contribution in [3.63, 3.8) is 0 Å². The highest BCUT2D eigenvalue weighted by Crippen LogP contribution is 2.30. The average Bonchev–Trinajstić information content (AvgIpc) is 2.62. The molecule has 24 heavy (non-hydrogen) atoms. The summed E-state index contributed by atoms with van der Waals surface area (Å²) in [6, 6.07) is 21.5. The Bertz CT molecular complexity index is 833. The van der Waals surface area contributed by atoms with Crippen LogP contribution < -0.4 is 5.73 Å². The summed E-state index contributed by atoms with van der Waals surface area (Å²) in [7, 11) is 0. The normalized spacial score (nSPS) is 11.7. The number of aromatic nitrogens is 1. The standard InChI is InChI=1S/C20H18N2O2/c1-14-18(15-8-4-2-5-9-15)12-17(13-22-14)19(24-20(21)23)16-10-6-3-7-11-16/h2-13,19H,1H3,(H2,21,23). The number of amides is 1. The van der Waals surface area contributed by atoms with Crippen molar-refractivity contribution in [2.24, 2.45) is 5.73 Å². The number of rotatable bonds is 4. The van der Waals surface area contributed by atoms with Crippen LogP contribution in [0.15, 0.2) is 72.9 Å². The number of ether oxygens (including phenoxy) is 1. The quantitative estimate of drug-likeness (QED) is 0.782. The lowest BCUT2D eigenvalue weighted by molar-refractivity contribution is 0.126. The van der Waals surface area contributed by atoms with Crippen LogP contribution in [-0.4, -0.2) is 11.1 Å². The topological polar surface area (TPSA) is 65.2 Å². The second-order valence-electron chi connectivity index (χ2n) is 5.50. The smallest absolute Gasteiger partial charge is 0.405 e. The monoisotopic (exact) mass is 318 g/mol. The highest BCUT2D eigenvalue weighted by molar-refractivity contribution is 5.68. The van der Waals surface area contributed by atoms with Crippen LogP contribution in [0.4, 0.5) is 4.79 Å². The molecule has 4 heteroatoms. The van der Waals surface area contributed by atoms with Crippen LogP contribution in [0.3, 0.4) is 0 Å². The molecule has 0 aliphatic rings. The molecule has 120 valence electrons. The molecular weight excluding hydrogens is 300 g/mol. The van der Waals surface area contributed by atoms with E-state index in [-0.39, 0.29) is 0 Å². The Labute approximate surface area is 140 Å². The highest BCUT2D eigenvalue weighted by Gasteiger charge is 2.19. The summed E-state index contributed by atoms with van der Waals surface area (Å²) in [5.74, 6) is 0. The van der Waals surface area contributed by atoms with Gasteiger partial charge in [0, 0.05) is 23.0 Å². The van der Waals surface area contributed by atoms with Gasteiger partial charge in [-0.1, -0.05) is 60.7 Å². The zero-order valence-corrected chi connectivity index (χ0v) is 13.3. The molecule has 4 nitrogen and oxygen atoms in total. The zero-order chi connectivity index (χ0) is 16.9. The minimum atomic E-state index is -0.814. The minimum absolute atomic E-state index is 0.584. The molecule has 0 radical (unpaired) electrons. The highest BCUT2D eigenvalue weighted by atomic mass is 16.6. The predicted molar refractivity (Wildman–Crippen MR) is 93.4 cm³/mol. The molecule has 1 unspecified atom stereocenters. The summed E-state index contributed by atoms with van der Waals surface area (Å²) in [4.78, 5) is 15.8. The number of carbonyl (C=O) groups excluding carboxylic acids is 1. The summed E-state index contributed by atoms with van der Waals surface area (Å²) in [5.41, 5.74) is 9.88. The third-order valence-electron chi connectivity index (χ3n) is 3.83. The molecule has 0 saturated carbocycles. The Morgan fingerprint density at radius 3 is 2.25 bits per heavy atom. The van der Waals surface area contributed by atoms with Crippen molar-refractivity contribution >= 4 is 6.09 Å². The average molecular weight is 318 g/mol. The fourth-order valence-corrected chi connectivity index (χ4v) is 2.68. The Hall–Kier alpha value is -3.14. The summed E-state index contributed by atoms with van der Waals surface area (Å²) < 4.78 is 5.35. The lowest BCUT2D eigenvalue weighted by Gasteiger charge is -2.18. The van der Waals surface area contributed by atoms with Gasteiger partial charge in [-0.3, -0.25) is 4.98 Å². The number of nitrogens with zero attached hydrogens (tertiary/aromatic N) is 1. The predicted octanol–water partition coefficient (Wildman–Crippen LogP) is 4.24. The third kappa shape index (κ3) is 3.43. The third-order valence-corrected chi connectivity index (χ3v) is 3.83. The first-order chi connectivity index (χ1) is 11.6. The van der Waals surface area contributed by atoms with E-state index in [0.717, 1.165) is 27.9 Å². The number of hydrogen-bond acceptors (Lipinski definition) is 3. The van der Waals surface area contributed by atoms with E-state index in [9.17, 15) is 4.79 Å². The van der Waals surface area contributed by atoms with E-state index in [1.165, 1.54) is 0 Å². The first-order valence-corrected chi connectivity index (χ1v) is 7.68. The number of benzene rings is 2. The number of hydrogen-bond donors (Lipinski definition) is 1. The van der Waals surface area contributed by atoms with Crippen molar-refractivity contribution in [2.75, 3.05) is 0 Å². The molecule has 3 aromatic rings. The van der Waals surface area contributed by atoms with Gasteiger partial charge in [0.15, 0.2) is 6.10 Å². The molecule has 0 spiro atoms. The van der Waals surface area contributed by atoms with Crippen molar-refractivity contribution in [1.82, 2.24) is 4.98 Å². The molecule has 1 heterocycles. The van der Waals surface area contributed by atoms with E-state index in [4.69, 9.17) is 10.5 Å². The SMILES string of the molecule is Cc1ncc(C(OC(N)=O)c2ccccc2)cc1-c1ccccc1. The van der Waals surface area contributed by atoms with Crippen molar-refractivity contribution in [1.29, 1.82) is 0 Å². The van der Waals surface area contributed by atoms with Gasteiger partial charge in [-0.05, 0) is 24.1 Å². The van der Waals surface area contributed by atoms with Crippen molar-refractivity contribution in [3.05, 3.63) is 89.7 Å². The number of primary amides is 1. The molecule has 0 aliphatic carbocycles. The molecule has 3 rings (SSSR count). The molecule has 2 N–H and O–H groups in total. The van der Waals surface area contributed by atoms with E-state index in [0.29, 0.717) is 0 Å². The van der Waals surface area contributed by atoms with Crippen molar-refractivity contribution in [3.8, 4) is 11.1 Å². The molecular formula is C20H18N2O2. The Balaban J connectivity index is 2.07. The summed E-state index contributed by atoms with van der Waals surface area (Å²) in [5, 5.41) is 0. The molecule has 0 bridgehead atoms. The molecule has 2 aromatic carbocycles. The second-order valence-corrected chi connectivity index (χ2v) is 5.50. The fourth-order valence-electron chi connectivity index (χ4n) is 2.68. The number of pyridine rings is 1. The maximum absolute atomic E-state index is 11.4. The summed E-state index contributed by atoms with van der Waals surface area (Å²) in [6.45, 7) is 1.96. The zero-order valence-electron chi connectivity index (χ0n) is 13.3. The number of carbonyl (C=O) groups is 1. The largest absolute Gasteiger partial charge is 0.437 e. The van der Waals surface area contributed by atoms with Crippen LogP contribution in [0.2, 0.25) is 0 Å². The van der Waals surface area contributed by atoms with Gasteiger partial charge in [-0.15, -0.1) is 0 Å². The minimum Gasteiger partial charge on any atom is -0.437 e. The van der Waals surface area contributed by atoms with Gasteiger partial charge in [0.1, 0.15) is 0 Å². The Kier molecular flexibility index (Phi) is 4.57. The van der Waals surface area contributed by atoms with Crippen LogP contribution in [-0.2, 0) is 4.74 Å². The first kappa shape index (κ1) is 15.7. The van der Waals surface area contributed by atoms with Gasteiger partial charge in [-0.25, -0.2) is 4.79 Å².